The SMILES string of the molecule is CCCCOCCOCC(O)CNCCc1ncon1. The topological polar surface area (TPSA) is 89.6 Å². The van der Waals surface area contributed by atoms with Gasteiger partial charge in [0.2, 0.25) is 6.39 Å². The van der Waals surface area contributed by atoms with Crippen LogP contribution >= 0.6 is 0 Å². The van der Waals surface area contributed by atoms with Crippen molar-refractivity contribution in [2.45, 2.75) is 32.3 Å². The van der Waals surface area contributed by atoms with Gasteiger partial charge in [-0.3, -0.25) is 0 Å². The van der Waals surface area contributed by atoms with Gasteiger partial charge in [-0.1, -0.05) is 18.5 Å². The van der Waals surface area contributed by atoms with E-state index < -0.39 is 6.10 Å². The van der Waals surface area contributed by atoms with Crippen molar-refractivity contribution in [2.24, 2.45) is 0 Å². The van der Waals surface area contributed by atoms with Gasteiger partial charge in [-0.25, -0.2) is 0 Å². The molecule has 0 saturated carbocycles. The molecule has 1 heterocycles. The van der Waals surface area contributed by atoms with Gasteiger partial charge in [0.25, 0.3) is 0 Å². The summed E-state index contributed by atoms with van der Waals surface area (Å²) in [5.41, 5.74) is 0. The Kier molecular flexibility index (Phi) is 10.0. The number of ether oxygens (including phenoxy) is 2. The van der Waals surface area contributed by atoms with Gasteiger partial charge in [-0.2, -0.15) is 4.98 Å². The van der Waals surface area contributed by atoms with Crippen molar-refractivity contribution < 1.29 is 19.1 Å². The molecule has 20 heavy (non-hydrogen) atoms. The summed E-state index contributed by atoms with van der Waals surface area (Å²) in [6.45, 7) is 5.49. The highest BCUT2D eigenvalue weighted by Gasteiger charge is 2.04. The summed E-state index contributed by atoms with van der Waals surface area (Å²) >= 11 is 0. The molecule has 7 heteroatoms. The Bertz CT molecular complexity index is 309. The fourth-order valence-corrected chi connectivity index (χ4v) is 1.52. The fraction of sp³-hybridized carbons (Fsp3) is 0.846. The second kappa shape index (κ2) is 11.8. The standard InChI is InChI=1S/C13H25N3O4/c1-2-3-6-18-7-8-19-10-12(17)9-14-5-4-13-15-11-20-16-13/h11-12,14,17H,2-10H2,1H3. The Labute approximate surface area is 119 Å². The van der Waals surface area contributed by atoms with Crippen LogP contribution in [0.5, 0.6) is 0 Å². The van der Waals surface area contributed by atoms with Crippen LogP contribution in [0.25, 0.3) is 0 Å². The summed E-state index contributed by atoms with van der Waals surface area (Å²) in [5.74, 6) is 0.660. The maximum Gasteiger partial charge on any atom is 0.213 e. The van der Waals surface area contributed by atoms with Gasteiger partial charge in [0.05, 0.1) is 25.9 Å². The Hall–Kier alpha value is -1.02. The van der Waals surface area contributed by atoms with Crippen LogP contribution in [-0.4, -0.2) is 60.9 Å². The minimum absolute atomic E-state index is 0.312. The molecule has 1 rings (SSSR count). The average molecular weight is 287 g/mol. The van der Waals surface area contributed by atoms with Crippen molar-refractivity contribution in [2.75, 3.05) is 39.5 Å². The molecule has 0 fully saturated rings. The van der Waals surface area contributed by atoms with E-state index in [-0.39, 0.29) is 0 Å². The van der Waals surface area contributed by atoms with Gasteiger partial charge in [-0.15, -0.1) is 0 Å². The van der Waals surface area contributed by atoms with Gasteiger partial charge in [0, 0.05) is 26.1 Å². The Morgan fingerprint density at radius 2 is 2.20 bits per heavy atom. The summed E-state index contributed by atoms with van der Waals surface area (Å²) in [7, 11) is 0. The average Bonchev–Trinajstić information content (AvgIpc) is 2.96. The molecule has 0 aliphatic rings. The van der Waals surface area contributed by atoms with Gasteiger partial charge >= 0.3 is 0 Å². The van der Waals surface area contributed by atoms with E-state index >= 15 is 0 Å². The molecule has 1 unspecified atom stereocenters. The number of unbranched alkanes of at least 4 members (excludes halogenated alkanes) is 1. The second-order valence-corrected chi connectivity index (χ2v) is 4.50. The Morgan fingerprint density at radius 1 is 1.35 bits per heavy atom. The molecule has 0 saturated heterocycles. The molecule has 0 aliphatic heterocycles. The van der Waals surface area contributed by atoms with Gasteiger partial charge < -0.3 is 24.4 Å². The number of nitrogens with one attached hydrogen (secondary N) is 1. The van der Waals surface area contributed by atoms with Crippen molar-refractivity contribution in [3.05, 3.63) is 12.2 Å². The first-order chi connectivity index (χ1) is 9.83. The zero-order valence-corrected chi connectivity index (χ0v) is 12.1. The molecule has 0 amide bonds. The molecule has 0 spiro atoms. The number of rotatable bonds is 13. The van der Waals surface area contributed by atoms with E-state index in [1.807, 2.05) is 0 Å². The van der Waals surface area contributed by atoms with Crippen LogP contribution in [0.15, 0.2) is 10.9 Å². The van der Waals surface area contributed by atoms with E-state index in [1.54, 1.807) is 0 Å². The first-order valence-corrected chi connectivity index (χ1v) is 7.12. The van der Waals surface area contributed by atoms with Crippen molar-refractivity contribution >= 4 is 0 Å². The fourth-order valence-electron chi connectivity index (χ4n) is 1.52. The molecular weight excluding hydrogens is 262 g/mol. The van der Waals surface area contributed by atoms with Crippen LogP contribution in [0.2, 0.25) is 0 Å². The number of hydrogen-bond donors (Lipinski definition) is 2. The Balaban J connectivity index is 1.84. The summed E-state index contributed by atoms with van der Waals surface area (Å²) in [6, 6.07) is 0. The summed E-state index contributed by atoms with van der Waals surface area (Å²) in [5, 5.41) is 16.5. The quantitative estimate of drug-likeness (QED) is 0.507. The van der Waals surface area contributed by atoms with Crippen molar-refractivity contribution in [3.8, 4) is 0 Å². The van der Waals surface area contributed by atoms with Crippen LogP contribution < -0.4 is 5.32 Å². The monoisotopic (exact) mass is 287 g/mol. The summed E-state index contributed by atoms with van der Waals surface area (Å²) in [6.07, 6.45) is 3.67. The lowest BCUT2D eigenvalue weighted by Gasteiger charge is -2.12. The predicted octanol–water partition coefficient (Wildman–Crippen LogP) is 0.396. The summed E-state index contributed by atoms with van der Waals surface area (Å²) < 4.78 is 15.3. The molecule has 0 bridgehead atoms. The number of aliphatic hydroxyl groups excluding tert-OH is 1. The molecular formula is C13H25N3O4. The number of aliphatic hydroxyl groups is 1. The molecule has 0 aromatic carbocycles. The van der Waals surface area contributed by atoms with Crippen LogP contribution in [0.3, 0.4) is 0 Å². The molecule has 1 aromatic heterocycles. The molecule has 1 atom stereocenters. The van der Waals surface area contributed by atoms with Crippen molar-refractivity contribution in [1.82, 2.24) is 15.5 Å². The van der Waals surface area contributed by atoms with E-state index in [4.69, 9.17) is 9.47 Å². The van der Waals surface area contributed by atoms with Crippen LogP contribution in [0.4, 0.5) is 0 Å². The van der Waals surface area contributed by atoms with Crippen LogP contribution in [0, 0.1) is 0 Å². The van der Waals surface area contributed by atoms with Gasteiger partial charge in [0.1, 0.15) is 0 Å². The maximum absolute atomic E-state index is 9.67. The van der Waals surface area contributed by atoms with Crippen LogP contribution in [0.1, 0.15) is 25.6 Å². The largest absolute Gasteiger partial charge is 0.389 e. The third-order valence-electron chi connectivity index (χ3n) is 2.64. The van der Waals surface area contributed by atoms with Crippen molar-refractivity contribution in [1.29, 1.82) is 0 Å². The van der Waals surface area contributed by atoms with Gasteiger partial charge in [0.15, 0.2) is 5.82 Å². The minimum Gasteiger partial charge on any atom is -0.389 e. The van der Waals surface area contributed by atoms with E-state index in [0.29, 0.717) is 45.2 Å². The number of hydrogen-bond acceptors (Lipinski definition) is 7. The third kappa shape index (κ3) is 8.98. The molecule has 7 nitrogen and oxygen atoms in total. The van der Waals surface area contributed by atoms with Gasteiger partial charge in [-0.05, 0) is 6.42 Å². The summed E-state index contributed by atoms with van der Waals surface area (Å²) in [4.78, 5) is 3.91. The zero-order chi connectivity index (χ0) is 14.5. The predicted molar refractivity (Wildman–Crippen MR) is 73.4 cm³/mol. The second-order valence-electron chi connectivity index (χ2n) is 4.50. The lowest BCUT2D eigenvalue weighted by molar-refractivity contribution is 0.00400. The minimum atomic E-state index is -0.518. The molecule has 2 N–H and O–H groups in total. The van der Waals surface area contributed by atoms with E-state index in [0.717, 1.165) is 19.4 Å². The van der Waals surface area contributed by atoms with E-state index in [1.165, 1.54) is 6.39 Å². The normalized spacial score (nSPS) is 12.7. The number of aromatic nitrogens is 2. The molecule has 116 valence electrons. The van der Waals surface area contributed by atoms with E-state index in [9.17, 15) is 5.11 Å². The highest BCUT2D eigenvalue weighted by atomic mass is 16.5. The molecule has 0 radical (unpaired) electrons. The maximum atomic E-state index is 9.67. The first kappa shape index (κ1) is 17.0. The molecule has 0 aliphatic carbocycles. The first-order valence-electron chi connectivity index (χ1n) is 7.12. The number of nitrogens with zero attached hydrogens (tertiary/aromatic N) is 2. The highest BCUT2D eigenvalue weighted by molar-refractivity contribution is 4.78. The highest BCUT2D eigenvalue weighted by Crippen LogP contribution is 1.90. The van der Waals surface area contributed by atoms with Crippen LogP contribution in [-0.2, 0) is 15.9 Å². The lowest BCUT2D eigenvalue weighted by atomic mass is 10.3. The smallest absolute Gasteiger partial charge is 0.213 e. The third-order valence-corrected chi connectivity index (χ3v) is 2.64. The van der Waals surface area contributed by atoms with Crippen molar-refractivity contribution in [3.63, 3.8) is 0 Å². The van der Waals surface area contributed by atoms with E-state index in [2.05, 4.69) is 26.9 Å². The molecule has 1 aromatic rings. The Morgan fingerprint density at radius 3 is 2.95 bits per heavy atom. The lowest BCUT2D eigenvalue weighted by Crippen LogP contribution is -2.32. The zero-order valence-electron chi connectivity index (χ0n) is 12.1.